The van der Waals surface area contributed by atoms with Crippen LogP contribution >= 0.6 is 0 Å². The number of nitrogens with one attached hydrogen (secondary N) is 2. The number of carbonyl (C=O) groups is 1. The molecule has 0 radical (unpaired) electrons. The number of hydrogen-bond acceptors (Lipinski definition) is 3. The van der Waals surface area contributed by atoms with Crippen molar-refractivity contribution in [3.8, 4) is 0 Å². The molecule has 3 aromatic heterocycles. The van der Waals surface area contributed by atoms with Crippen LogP contribution in [0.1, 0.15) is 24.5 Å². The Morgan fingerprint density at radius 2 is 1.96 bits per heavy atom. The quantitative estimate of drug-likeness (QED) is 0.554. The van der Waals surface area contributed by atoms with E-state index in [1.165, 1.54) is 6.08 Å². The normalized spacial score (nSPS) is 12.8. The van der Waals surface area contributed by atoms with Crippen LogP contribution in [0.5, 0.6) is 0 Å². The molecule has 1 unspecified atom stereocenters. The van der Waals surface area contributed by atoms with Gasteiger partial charge in [-0.1, -0.05) is 18.2 Å². The molecular weight excluding hydrogens is 326 g/mol. The highest BCUT2D eigenvalue weighted by Gasteiger charge is 2.17. The molecule has 3 heterocycles. The van der Waals surface area contributed by atoms with E-state index in [0.717, 1.165) is 22.1 Å². The Kier molecular flexibility index (Phi) is 4.01. The predicted octanol–water partition coefficient (Wildman–Crippen LogP) is 3.67. The highest BCUT2D eigenvalue weighted by molar-refractivity contribution is 5.92. The Morgan fingerprint density at radius 3 is 2.77 bits per heavy atom. The molecule has 0 spiro atoms. The highest BCUT2D eigenvalue weighted by atomic mass is 16.2. The highest BCUT2D eigenvalue weighted by Crippen LogP contribution is 2.23. The van der Waals surface area contributed by atoms with E-state index in [9.17, 15) is 4.79 Å². The lowest BCUT2D eigenvalue weighted by atomic mass is 10.2. The summed E-state index contributed by atoms with van der Waals surface area (Å²) in [6.45, 7) is 2.00. The van der Waals surface area contributed by atoms with Crippen molar-refractivity contribution >= 4 is 34.1 Å². The summed E-state index contributed by atoms with van der Waals surface area (Å²) in [7, 11) is 1.79. The SMILES string of the molecule is CC(c1cc2ccccc2[nH]1)N(C)C(=O)C=Cc1nc2ncccc2[nH]1. The average Bonchev–Trinajstić information content (AvgIpc) is 3.28. The van der Waals surface area contributed by atoms with E-state index in [1.807, 2.05) is 37.3 Å². The third kappa shape index (κ3) is 2.97. The summed E-state index contributed by atoms with van der Waals surface area (Å²) in [6, 6.07) is 13.8. The maximum absolute atomic E-state index is 12.5. The minimum atomic E-state index is -0.0930. The standard InChI is InChI=1S/C20H19N5O/c1-13(17-12-14-6-3-4-7-15(14)22-17)25(2)19(26)10-9-18-23-16-8-5-11-21-20(16)24-18/h3-13,22H,1-2H3,(H,21,23,24). The number of rotatable bonds is 4. The molecule has 0 aliphatic rings. The summed E-state index contributed by atoms with van der Waals surface area (Å²) >= 11 is 0. The maximum Gasteiger partial charge on any atom is 0.246 e. The van der Waals surface area contributed by atoms with E-state index in [0.29, 0.717) is 11.5 Å². The minimum absolute atomic E-state index is 0.0723. The molecule has 0 bridgehead atoms. The van der Waals surface area contributed by atoms with E-state index in [4.69, 9.17) is 0 Å². The van der Waals surface area contributed by atoms with Crippen LogP contribution in [0, 0.1) is 0 Å². The van der Waals surface area contributed by atoms with Crippen LogP contribution in [-0.2, 0) is 4.79 Å². The Labute approximate surface area is 150 Å². The number of benzene rings is 1. The zero-order valence-electron chi connectivity index (χ0n) is 14.6. The van der Waals surface area contributed by atoms with Crippen LogP contribution < -0.4 is 0 Å². The van der Waals surface area contributed by atoms with Gasteiger partial charge in [0.1, 0.15) is 5.82 Å². The summed E-state index contributed by atoms with van der Waals surface area (Å²) in [6.07, 6.45) is 4.90. The van der Waals surface area contributed by atoms with Gasteiger partial charge in [-0.3, -0.25) is 4.79 Å². The van der Waals surface area contributed by atoms with Crippen LogP contribution in [0.4, 0.5) is 0 Å². The van der Waals surface area contributed by atoms with Gasteiger partial charge < -0.3 is 14.9 Å². The second-order valence-corrected chi connectivity index (χ2v) is 6.27. The van der Waals surface area contributed by atoms with Gasteiger partial charge in [-0.15, -0.1) is 0 Å². The molecule has 0 aliphatic carbocycles. The molecule has 0 saturated carbocycles. The van der Waals surface area contributed by atoms with Gasteiger partial charge in [-0.05, 0) is 42.7 Å². The van der Waals surface area contributed by atoms with Crippen molar-refractivity contribution < 1.29 is 4.79 Å². The first kappa shape index (κ1) is 16.1. The topological polar surface area (TPSA) is 77.7 Å². The van der Waals surface area contributed by atoms with E-state index in [-0.39, 0.29) is 11.9 Å². The zero-order valence-corrected chi connectivity index (χ0v) is 14.6. The van der Waals surface area contributed by atoms with Crippen LogP contribution in [0.15, 0.2) is 54.7 Å². The lowest BCUT2D eigenvalue weighted by Crippen LogP contribution is -2.28. The van der Waals surface area contributed by atoms with Crippen molar-refractivity contribution in [3.63, 3.8) is 0 Å². The van der Waals surface area contributed by atoms with E-state index >= 15 is 0 Å². The number of para-hydroxylation sites is 1. The Hall–Kier alpha value is -3.41. The van der Waals surface area contributed by atoms with E-state index < -0.39 is 0 Å². The monoisotopic (exact) mass is 345 g/mol. The molecule has 1 atom stereocenters. The molecule has 4 aromatic rings. The lowest BCUT2D eigenvalue weighted by Gasteiger charge is -2.22. The number of aromatic nitrogens is 4. The maximum atomic E-state index is 12.5. The van der Waals surface area contributed by atoms with Crippen LogP contribution in [-0.4, -0.2) is 37.8 Å². The fourth-order valence-corrected chi connectivity index (χ4v) is 2.93. The minimum Gasteiger partial charge on any atom is -0.357 e. The third-order valence-corrected chi connectivity index (χ3v) is 4.59. The van der Waals surface area contributed by atoms with Gasteiger partial charge in [0.15, 0.2) is 5.65 Å². The van der Waals surface area contributed by atoms with Gasteiger partial charge in [0.2, 0.25) is 5.91 Å². The number of carbonyl (C=O) groups excluding carboxylic acids is 1. The lowest BCUT2D eigenvalue weighted by molar-refractivity contribution is -0.126. The van der Waals surface area contributed by atoms with Crippen LogP contribution in [0.25, 0.3) is 28.1 Å². The van der Waals surface area contributed by atoms with Gasteiger partial charge in [0, 0.05) is 30.5 Å². The Morgan fingerprint density at radius 1 is 1.15 bits per heavy atom. The van der Waals surface area contributed by atoms with Crippen molar-refractivity contribution in [2.45, 2.75) is 13.0 Å². The van der Waals surface area contributed by atoms with E-state index in [2.05, 4.69) is 32.1 Å². The van der Waals surface area contributed by atoms with Crippen molar-refractivity contribution in [1.29, 1.82) is 0 Å². The summed E-state index contributed by atoms with van der Waals surface area (Å²) in [5.74, 6) is 0.517. The van der Waals surface area contributed by atoms with Crippen LogP contribution in [0.2, 0.25) is 0 Å². The number of pyridine rings is 1. The van der Waals surface area contributed by atoms with Crippen molar-refractivity contribution in [3.05, 3.63) is 66.3 Å². The molecule has 1 aromatic carbocycles. The Bertz CT molecular complexity index is 1040. The first-order chi connectivity index (χ1) is 12.6. The number of hydrogen-bond donors (Lipinski definition) is 2. The number of imidazole rings is 1. The molecule has 4 rings (SSSR count). The molecule has 130 valence electrons. The second-order valence-electron chi connectivity index (χ2n) is 6.27. The molecule has 0 fully saturated rings. The summed E-state index contributed by atoms with van der Waals surface area (Å²) < 4.78 is 0. The number of nitrogens with zero attached hydrogens (tertiary/aromatic N) is 3. The largest absolute Gasteiger partial charge is 0.357 e. The summed E-state index contributed by atoms with van der Waals surface area (Å²) in [5.41, 5.74) is 3.56. The first-order valence-electron chi connectivity index (χ1n) is 8.45. The smallest absolute Gasteiger partial charge is 0.246 e. The first-order valence-corrected chi connectivity index (χ1v) is 8.45. The van der Waals surface area contributed by atoms with Gasteiger partial charge in [-0.2, -0.15) is 0 Å². The molecule has 1 amide bonds. The average molecular weight is 345 g/mol. The Balaban J connectivity index is 1.51. The molecule has 2 N–H and O–H groups in total. The number of H-pyrrole nitrogens is 2. The van der Waals surface area contributed by atoms with Gasteiger partial charge in [-0.25, -0.2) is 9.97 Å². The molecular formula is C20H19N5O. The number of likely N-dealkylation sites (N-methyl/N-ethyl adjacent to an activating group) is 1. The van der Waals surface area contributed by atoms with Crippen molar-refractivity contribution in [2.75, 3.05) is 7.05 Å². The number of amides is 1. The summed E-state index contributed by atoms with van der Waals surface area (Å²) in [4.78, 5) is 29.3. The van der Waals surface area contributed by atoms with Gasteiger partial charge >= 0.3 is 0 Å². The van der Waals surface area contributed by atoms with Crippen molar-refractivity contribution in [1.82, 2.24) is 24.8 Å². The van der Waals surface area contributed by atoms with Crippen LogP contribution in [0.3, 0.4) is 0 Å². The third-order valence-electron chi connectivity index (χ3n) is 4.59. The van der Waals surface area contributed by atoms with Gasteiger partial charge in [0.05, 0.1) is 11.6 Å². The molecule has 6 nitrogen and oxygen atoms in total. The fraction of sp³-hybridized carbons (Fsp3) is 0.150. The van der Waals surface area contributed by atoms with E-state index in [1.54, 1.807) is 24.2 Å². The predicted molar refractivity (Wildman–Crippen MR) is 102 cm³/mol. The molecule has 0 aliphatic heterocycles. The molecule has 26 heavy (non-hydrogen) atoms. The number of fused-ring (bicyclic) bond motifs is 2. The second kappa shape index (κ2) is 6.48. The number of aromatic amines is 2. The molecule has 0 saturated heterocycles. The van der Waals surface area contributed by atoms with Crippen molar-refractivity contribution in [2.24, 2.45) is 0 Å². The summed E-state index contributed by atoms with van der Waals surface area (Å²) in [5, 5.41) is 1.14. The zero-order chi connectivity index (χ0) is 18.1. The fourth-order valence-electron chi connectivity index (χ4n) is 2.93. The molecule has 6 heteroatoms. The van der Waals surface area contributed by atoms with Gasteiger partial charge in [0.25, 0.3) is 0 Å².